The lowest BCUT2D eigenvalue weighted by Gasteiger charge is -2.20. The third-order valence-electron chi connectivity index (χ3n) is 3.77. The molecular weight excluding hydrogens is 326 g/mol. The van der Waals surface area contributed by atoms with Crippen molar-refractivity contribution in [3.8, 4) is 0 Å². The number of thioether (sulfide) groups is 1. The number of amides is 1. The molecule has 0 aliphatic heterocycles. The van der Waals surface area contributed by atoms with Gasteiger partial charge in [-0.15, -0.1) is 0 Å². The van der Waals surface area contributed by atoms with Crippen LogP contribution in [0.4, 0.5) is 4.79 Å². The SMILES string of the molecule is CC(C)(C)OC(=O)NC[C@H]1C[C@@H](O)[C@H](SC(=O)c2ccccc2)C1. The molecule has 1 aromatic rings. The monoisotopic (exact) mass is 351 g/mol. The molecule has 1 fully saturated rings. The van der Waals surface area contributed by atoms with Crippen molar-refractivity contribution in [2.45, 2.75) is 50.6 Å². The minimum Gasteiger partial charge on any atom is -0.444 e. The van der Waals surface area contributed by atoms with Crippen molar-refractivity contribution in [2.24, 2.45) is 5.92 Å². The average molecular weight is 351 g/mol. The van der Waals surface area contributed by atoms with Crippen molar-refractivity contribution in [3.05, 3.63) is 35.9 Å². The lowest BCUT2D eigenvalue weighted by atomic mass is 10.1. The number of alkyl carbamates (subject to hydrolysis) is 1. The Kier molecular flexibility index (Phi) is 6.29. The number of aliphatic hydroxyl groups excluding tert-OH is 1. The Balaban J connectivity index is 1.80. The summed E-state index contributed by atoms with van der Waals surface area (Å²) in [5, 5.41) is 12.8. The molecule has 5 nitrogen and oxygen atoms in total. The van der Waals surface area contributed by atoms with Crippen molar-refractivity contribution in [2.75, 3.05) is 6.54 Å². The van der Waals surface area contributed by atoms with Crippen molar-refractivity contribution < 1.29 is 19.4 Å². The summed E-state index contributed by atoms with van der Waals surface area (Å²) < 4.78 is 5.20. The molecule has 3 atom stereocenters. The summed E-state index contributed by atoms with van der Waals surface area (Å²) in [4.78, 5) is 23.9. The topological polar surface area (TPSA) is 75.6 Å². The van der Waals surface area contributed by atoms with E-state index < -0.39 is 17.8 Å². The van der Waals surface area contributed by atoms with Crippen LogP contribution < -0.4 is 5.32 Å². The van der Waals surface area contributed by atoms with Crippen LogP contribution in [-0.4, -0.2) is 39.8 Å². The number of carbonyl (C=O) groups is 2. The second-order valence-corrected chi connectivity index (χ2v) is 8.31. The van der Waals surface area contributed by atoms with Gasteiger partial charge in [0.15, 0.2) is 0 Å². The van der Waals surface area contributed by atoms with Crippen LogP contribution in [0.5, 0.6) is 0 Å². The van der Waals surface area contributed by atoms with Gasteiger partial charge in [0.25, 0.3) is 0 Å². The number of aliphatic hydroxyl groups is 1. The summed E-state index contributed by atoms with van der Waals surface area (Å²) in [6.45, 7) is 5.89. The van der Waals surface area contributed by atoms with Gasteiger partial charge in [-0.1, -0.05) is 42.1 Å². The highest BCUT2D eigenvalue weighted by Gasteiger charge is 2.35. The first kappa shape index (κ1) is 18.8. The highest BCUT2D eigenvalue weighted by molar-refractivity contribution is 8.14. The first-order valence-electron chi connectivity index (χ1n) is 8.15. The van der Waals surface area contributed by atoms with Crippen molar-refractivity contribution >= 4 is 23.0 Å². The van der Waals surface area contributed by atoms with Crippen LogP contribution in [0.15, 0.2) is 30.3 Å². The molecule has 0 aromatic heterocycles. The highest BCUT2D eigenvalue weighted by Crippen LogP contribution is 2.35. The molecule has 1 amide bonds. The molecule has 1 aliphatic carbocycles. The second kappa shape index (κ2) is 8.03. The number of benzene rings is 1. The van der Waals surface area contributed by atoms with Gasteiger partial charge in [0.2, 0.25) is 5.12 Å². The maximum atomic E-state index is 12.2. The zero-order valence-corrected chi connectivity index (χ0v) is 15.1. The van der Waals surface area contributed by atoms with Crippen LogP contribution in [0.25, 0.3) is 0 Å². The summed E-state index contributed by atoms with van der Waals surface area (Å²) in [6.07, 6.45) is 0.289. The molecule has 0 saturated heterocycles. The fourth-order valence-electron chi connectivity index (χ4n) is 2.69. The third kappa shape index (κ3) is 5.83. The van der Waals surface area contributed by atoms with E-state index in [0.717, 1.165) is 0 Å². The van der Waals surface area contributed by atoms with E-state index in [9.17, 15) is 14.7 Å². The lowest BCUT2D eigenvalue weighted by molar-refractivity contribution is 0.0517. The Labute approximate surface area is 147 Å². The summed E-state index contributed by atoms with van der Waals surface area (Å²) in [7, 11) is 0. The maximum absolute atomic E-state index is 12.2. The van der Waals surface area contributed by atoms with Gasteiger partial charge < -0.3 is 15.2 Å². The van der Waals surface area contributed by atoms with Crippen molar-refractivity contribution in [1.82, 2.24) is 5.32 Å². The maximum Gasteiger partial charge on any atom is 0.407 e. The van der Waals surface area contributed by atoms with Crippen molar-refractivity contribution in [3.63, 3.8) is 0 Å². The first-order chi connectivity index (χ1) is 11.2. The van der Waals surface area contributed by atoms with Gasteiger partial charge in [0.05, 0.1) is 6.10 Å². The number of hydrogen-bond donors (Lipinski definition) is 2. The molecule has 0 bridgehead atoms. The Hall–Kier alpha value is -1.53. The van der Waals surface area contributed by atoms with E-state index in [4.69, 9.17) is 4.74 Å². The van der Waals surface area contributed by atoms with Gasteiger partial charge in [-0.05, 0) is 39.5 Å². The summed E-state index contributed by atoms with van der Waals surface area (Å²) in [6, 6.07) is 9.07. The van der Waals surface area contributed by atoms with Gasteiger partial charge in [-0.25, -0.2) is 4.79 Å². The van der Waals surface area contributed by atoms with Crippen LogP contribution in [0.3, 0.4) is 0 Å². The zero-order chi connectivity index (χ0) is 17.7. The first-order valence-corrected chi connectivity index (χ1v) is 9.03. The number of carbonyl (C=O) groups excluding carboxylic acids is 2. The van der Waals surface area contributed by atoms with Gasteiger partial charge in [-0.3, -0.25) is 4.79 Å². The Morgan fingerprint density at radius 2 is 1.92 bits per heavy atom. The second-order valence-electron chi connectivity index (χ2n) is 7.10. The fraction of sp³-hybridized carbons (Fsp3) is 0.556. The largest absolute Gasteiger partial charge is 0.444 e. The van der Waals surface area contributed by atoms with Crippen molar-refractivity contribution in [1.29, 1.82) is 0 Å². The Morgan fingerprint density at radius 1 is 1.25 bits per heavy atom. The van der Waals surface area contributed by atoms with Gasteiger partial charge in [-0.2, -0.15) is 0 Å². The van der Waals surface area contributed by atoms with Crippen LogP contribution in [0.1, 0.15) is 44.0 Å². The molecule has 0 radical (unpaired) electrons. The Morgan fingerprint density at radius 3 is 2.54 bits per heavy atom. The predicted molar refractivity (Wildman–Crippen MR) is 95.1 cm³/mol. The molecule has 0 heterocycles. The minimum atomic E-state index is -0.534. The van der Waals surface area contributed by atoms with E-state index >= 15 is 0 Å². The van der Waals surface area contributed by atoms with Crippen LogP contribution >= 0.6 is 11.8 Å². The zero-order valence-electron chi connectivity index (χ0n) is 14.3. The summed E-state index contributed by atoms with van der Waals surface area (Å²) in [5.41, 5.74) is 0.116. The fourth-order valence-corrected chi connectivity index (χ4v) is 3.87. The summed E-state index contributed by atoms with van der Waals surface area (Å²) in [5.74, 6) is 0.147. The lowest BCUT2D eigenvalue weighted by Crippen LogP contribution is -2.35. The average Bonchev–Trinajstić information content (AvgIpc) is 2.84. The standard InChI is InChI=1S/C18H25NO4S/c1-18(2,3)23-17(22)19-11-12-9-14(20)15(10-12)24-16(21)13-7-5-4-6-8-13/h4-8,12,14-15,20H,9-11H2,1-3H3,(H,19,22)/t12-,14+,15+/m0/s1. The molecule has 132 valence electrons. The number of hydrogen-bond acceptors (Lipinski definition) is 5. The van der Waals surface area contributed by atoms with Crippen LogP contribution in [0.2, 0.25) is 0 Å². The van der Waals surface area contributed by atoms with Gasteiger partial charge >= 0.3 is 6.09 Å². The molecule has 1 saturated carbocycles. The summed E-state index contributed by atoms with van der Waals surface area (Å²) >= 11 is 1.18. The van der Waals surface area contributed by atoms with E-state index in [1.165, 1.54) is 11.8 Å². The number of rotatable bonds is 4. The molecular formula is C18H25NO4S. The quantitative estimate of drug-likeness (QED) is 0.871. The highest BCUT2D eigenvalue weighted by atomic mass is 32.2. The molecule has 0 unspecified atom stereocenters. The Bertz CT molecular complexity index is 570. The van der Waals surface area contributed by atoms with Crippen LogP contribution in [-0.2, 0) is 4.74 Å². The minimum absolute atomic E-state index is 0.0274. The van der Waals surface area contributed by atoms with E-state index in [-0.39, 0.29) is 16.3 Å². The predicted octanol–water partition coefficient (Wildman–Crippen LogP) is 3.22. The van der Waals surface area contributed by atoms with E-state index in [1.54, 1.807) is 12.1 Å². The number of nitrogens with one attached hydrogen (secondary N) is 1. The molecule has 2 N–H and O–H groups in total. The third-order valence-corrected chi connectivity index (χ3v) is 5.03. The van der Waals surface area contributed by atoms with E-state index in [1.807, 2.05) is 39.0 Å². The normalized spacial score (nSPS) is 23.8. The van der Waals surface area contributed by atoms with E-state index in [2.05, 4.69) is 5.32 Å². The molecule has 2 rings (SSSR count). The van der Waals surface area contributed by atoms with Gasteiger partial charge in [0, 0.05) is 17.4 Å². The van der Waals surface area contributed by atoms with Gasteiger partial charge in [0.1, 0.15) is 5.60 Å². The molecule has 6 heteroatoms. The van der Waals surface area contributed by atoms with E-state index in [0.29, 0.717) is 24.9 Å². The molecule has 1 aromatic carbocycles. The number of ether oxygens (including phenoxy) is 1. The molecule has 24 heavy (non-hydrogen) atoms. The molecule has 1 aliphatic rings. The van der Waals surface area contributed by atoms with Crippen LogP contribution in [0, 0.1) is 5.92 Å². The smallest absolute Gasteiger partial charge is 0.407 e. The molecule has 0 spiro atoms.